The Morgan fingerprint density at radius 2 is 2.08 bits per heavy atom. The Morgan fingerprint density at radius 1 is 1.28 bits per heavy atom. The van der Waals surface area contributed by atoms with Crippen LogP contribution >= 0.6 is 0 Å². The topological polar surface area (TPSA) is 53.8 Å². The second-order valence-electron chi connectivity index (χ2n) is 6.72. The fraction of sp³-hybridized carbons (Fsp3) is 0.400. The first-order chi connectivity index (χ1) is 12.1. The maximum absolute atomic E-state index is 12.8. The Kier molecular flexibility index (Phi) is 5.22. The predicted octanol–water partition coefficient (Wildman–Crippen LogP) is 3.10. The minimum absolute atomic E-state index is 0.0622. The van der Waals surface area contributed by atoms with E-state index in [4.69, 9.17) is 4.42 Å². The van der Waals surface area contributed by atoms with Gasteiger partial charge in [-0.15, -0.1) is 0 Å². The van der Waals surface area contributed by atoms with Crippen molar-refractivity contribution in [2.75, 3.05) is 20.1 Å². The number of carbonyl (C=O) groups is 2. The molecule has 0 bridgehead atoms. The number of aryl methyl sites for hydroxylation is 1. The number of nitrogens with zero attached hydrogens (tertiary/aromatic N) is 2. The van der Waals surface area contributed by atoms with Crippen molar-refractivity contribution in [2.45, 2.75) is 26.3 Å². The Labute approximate surface area is 148 Å². The molecule has 5 heteroatoms. The van der Waals surface area contributed by atoms with Crippen LogP contribution < -0.4 is 0 Å². The van der Waals surface area contributed by atoms with E-state index in [1.54, 1.807) is 15.9 Å². The van der Waals surface area contributed by atoms with E-state index in [2.05, 4.69) is 19.1 Å². The molecule has 0 radical (unpaired) electrons. The summed E-state index contributed by atoms with van der Waals surface area (Å²) in [6.45, 7) is 3.81. The molecule has 1 aliphatic heterocycles. The van der Waals surface area contributed by atoms with Crippen LogP contribution in [0.5, 0.6) is 0 Å². The molecule has 25 heavy (non-hydrogen) atoms. The van der Waals surface area contributed by atoms with Gasteiger partial charge in [0.25, 0.3) is 5.91 Å². The summed E-state index contributed by atoms with van der Waals surface area (Å²) in [5.41, 5.74) is 2.88. The summed E-state index contributed by atoms with van der Waals surface area (Å²) in [5, 5.41) is 0. The second-order valence-corrected chi connectivity index (χ2v) is 6.72. The van der Waals surface area contributed by atoms with Crippen LogP contribution in [0.25, 0.3) is 0 Å². The molecule has 132 valence electrons. The number of carbonyl (C=O) groups excluding carboxylic acids is 2. The normalized spacial score (nSPS) is 17.4. The Bertz CT molecular complexity index is 739. The summed E-state index contributed by atoms with van der Waals surface area (Å²) < 4.78 is 4.99. The van der Waals surface area contributed by atoms with Gasteiger partial charge in [-0.2, -0.15) is 0 Å². The fourth-order valence-corrected chi connectivity index (χ4v) is 3.36. The van der Waals surface area contributed by atoms with Crippen molar-refractivity contribution in [1.29, 1.82) is 0 Å². The van der Waals surface area contributed by atoms with Crippen molar-refractivity contribution in [3.63, 3.8) is 0 Å². The lowest BCUT2D eigenvalue weighted by Crippen LogP contribution is -2.45. The zero-order valence-electron chi connectivity index (χ0n) is 14.8. The molecule has 5 nitrogen and oxygen atoms in total. The van der Waals surface area contributed by atoms with E-state index in [-0.39, 0.29) is 17.7 Å². The van der Waals surface area contributed by atoms with E-state index in [0.29, 0.717) is 25.2 Å². The van der Waals surface area contributed by atoms with Gasteiger partial charge in [-0.25, -0.2) is 0 Å². The van der Waals surface area contributed by atoms with Crippen molar-refractivity contribution in [1.82, 2.24) is 9.80 Å². The van der Waals surface area contributed by atoms with Crippen LogP contribution in [-0.2, 0) is 11.3 Å². The molecule has 1 fully saturated rings. The van der Waals surface area contributed by atoms with Crippen molar-refractivity contribution >= 4 is 11.8 Å². The maximum Gasteiger partial charge on any atom is 0.257 e. The molecule has 2 heterocycles. The summed E-state index contributed by atoms with van der Waals surface area (Å²) >= 11 is 0. The molecule has 1 aromatic heterocycles. The van der Waals surface area contributed by atoms with Crippen LogP contribution in [0.15, 0.2) is 47.3 Å². The van der Waals surface area contributed by atoms with E-state index in [0.717, 1.165) is 18.4 Å². The lowest BCUT2D eigenvalue weighted by Gasteiger charge is -2.34. The van der Waals surface area contributed by atoms with Crippen molar-refractivity contribution in [2.24, 2.45) is 5.92 Å². The minimum atomic E-state index is -0.140. The highest BCUT2D eigenvalue weighted by molar-refractivity contribution is 5.94. The maximum atomic E-state index is 12.8. The van der Waals surface area contributed by atoms with E-state index >= 15 is 0 Å². The van der Waals surface area contributed by atoms with Crippen molar-refractivity contribution in [3.05, 3.63) is 59.5 Å². The number of rotatable bonds is 4. The Morgan fingerprint density at radius 3 is 2.80 bits per heavy atom. The summed E-state index contributed by atoms with van der Waals surface area (Å²) in [5.74, 6) is -0.0978. The highest BCUT2D eigenvalue weighted by Crippen LogP contribution is 2.21. The van der Waals surface area contributed by atoms with Gasteiger partial charge >= 0.3 is 0 Å². The molecule has 1 unspecified atom stereocenters. The molecular formula is C20H24N2O3. The van der Waals surface area contributed by atoms with Crippen molar-refractivity contribution in [3.8, 4) is 0 Å². The van der Waals surface area contributed by atoms with Gasteiger partial charge in [-0.1, -0.05) is 24.3 Å². The van der Waals surface area contributed by atoms with Gasteiger partial charge in [0.15, 0.2) is 0 Å². The fourth-order valence-electron chi connectivity index (χ4n) is 3.36. The number of hydrogen-bond acceptors (Lipinski definition) is 3. The van der Waals surface area contributed by atoms with E-state index < -0.39 is 0 Å². The highest BCUT2D eigenvalue weighted by Gasteiger charge is 2.30. The number of benzene rings is 1. The average Bonchev–Trinajstić information content (AvgIpc) is 3.17. The first-order valence-electron chi connectivity index (χ1n) is 8.67. The lowest BCUT2D eigenvalue weighted by atomic mass is 9.95. The molecular weight excluding hydrogens is 316 g/mol. The average molecular weight is 340 g/mol. The molecule has 1 aromatic carbocycles. The number of hydrogen-bond donors (Lipinski definition) is 0. The number of furan rings is 1. The molecule has 0 spiro atoms. The van der Waals surface area contributed by atoms with Gasteiger partial charge in [0, 0.05) is 26.7 Å². The standard InChI is InChI=1S/C20H24N2O3/c1-15-6-3-4-7-16(15)12-21(2)19(23)17-8-5-10-22(13-17)20(24)18-9-11-25-14-18/h3-4,6-7,9,11,14,17H,5,8,10,12-13H2,1-2H3. The third-order valence-electron chi connectivity index (χ3n) is 4.87. The van der Waals surface area contributed by atoms with Gasteiger partial charge in [0.05, 0.1) is 17.7 Å². The van der Waals surface area contributed by atoms with E-state index in [9.17, 15) is 9.59 Å². The van der Waals surface area contributed by atoms with Gasteiger partial charge in [0.2, 0.25) is 5.91 Å². The van der Waals surface area contributed by atoms with Crippen LogP contribution in [-0.4, -0.2) is 41.8 Å². The lowest BCUT2D eigenvalue weighted by molar-refractivity contribution is -0.136. The smallest absolute Gasteiger partial charge is 0.257 e. The SMILES string of the molecule is Cc1ccccc1CN(C)C(=O)C1CCCN(C(=O)c2ccoc2)C1. The summed E-state index contributed by atoms with van der Waals surface area (Å²) in [4.78, 5) is 28.9. The minimum Gasteiger partial charge on any atom is -0.472 e. The third kappa shape index (κ3) is 3.92. The summed E-state index contributed by atoms with van der Waals surface area (Å²) in [7, 11) is 1.84. The van der Waals surface area contributed by atoms with E-state index in [1.807, 2.05) is 19.2 Å². The van der Waals surface area contributed by atoms with Crippen LogP contribution in [0.2, 0.25) is 0 Å². The van der Waals surface area contributed by atoms with Crippen molar-refractivity contribution < 1.29 is 14.0 Å². The monoisotopic (exact) mass is 340 g/mol. The molecule has 1 aliphatic rings. The zero-order valence-corrected chi connectivity index (χ0v) is 14.8. The third-order valence-corrected chi connectivity index (χ3v) is 4.87. The molecule has 0 aliphatic carbocycles. The number of amides is 2. The molecule has 2 aromatic rings. The van der Waals surface area contributed by atoms with Crippen LogP contribution in [0, 0.1) is 12.8 Å². The molecule has 2 amide bonds. The molecule has 0 N–H and O–H groups in total. The Hall–Kier alpha value is -2.56. The van der Waals surface area contributed by atoms with E-state index in [1.165, 1.54) is 18.1 Å². The van der Waals surface area contributed by atoms with Gasteiger partial charge in [-0.3, -0.25) is 9.59 Å². The molecule has 3 rings (SSSR count). The van der Waals surface area contributed by atoms with Crippen LogP contribution in [0.1, 0.15) is 34.3 Å². The number of piperidine rings is 1. The first kappa shape index (κ1) is 17.3. The predicted molar refractivity (Wildman–Crippen MR) is 95.0 cm³/mol. The number of likely N-dealkylation sites (tertiary alicyclic amines) is 1. The van der Waals surface area contributed by atoms with Gasteiger partial charge < -0.3 is 14.2 Å². The molecule has 1 saturated heterocycles. The molecule has 1 atom stereocenters. The van der Waals surface area contributed by atoms with Gasteiger partial charge in [0.1, 0.15) is 6.26 Å². The molecule has 0 saturated carbocycles. The summed E-state index contributed by atoms with van der Waals surface area (Å²) in [6, 6.07) is 9.76. The highest BCUT2D eigenvalue weighted by atomic mass is 16.3. The van der Waals surface area contributed by atoms with Crippen LogP contribution in [0.4, 0.5) is 0 Å². The second kappa shape index (κ2) is 7.55. The van der Waals surface area contributed by atoms with Crippen LogP contribution in [0.3, 0.4) is 0 Å². The zero-order chi connectivity index (χ0) is 17.8. The quantitative estimate of drug-likeness (QED) is 0.859. The van der Waals surface area contributed by atoms with Gasteiger partial charge in [-0.05, 0) is 37.0 Å². The Balaban J connectivity index is 1.63. The first-order valence-corrected chi connectivity index (χ1v) is 8.67. The summed E-state index contributed by atoms with van der Waals surface area (Å²) in [6.07, 6.45) is 4.62. The largest absolute Gasteiger partial charge is 0.472 e.